The third-order valence-corrected chi connectivity index (χ3v) is 10.6. The van der Waals surface area contributed by atoms with Crippen molar-refractivity contribution in [2.24, 2.45) is 0 Å². The number of nitrogens with zero attached hydrogens (tertiary/aromatic N) is 3. The molecule has 12 heteroatoms. The Labute approximate surface area is 227 Å². The van der Waals surface area contributed by atoms with E-state index in [1.165, 1.54) is 18.5 Å². The van der Waals surface area contributed by atoms with Crippen LogP contribution in [0.15, 0.2) is 29.4 Å². The molecule has 1 aromatic carbocycles. The first-order valence-electron chi connectivity index (χ1n) is 13.6. The molecule has 2 saturated heterocycles. The summed E-state index contributed by atoms with van der Waals surface area (Å²) in [6.45, 7) is 2.63. The SMILES string of the molecule is Cc1c(Nc2ccc(S(=O)(=O)C3CCC3)cc2F)ncnc1OC1CC2COCC(C1)N2C(=O)OC1CCC1. The van der Waals surface area contributed by atoms with Crippen molar-refractivity contribution in [2.75, 3.05) is 18.5 Å². The van der Waals surface area contributed by atoms with E-state index < -0.39 is 20.9 Å². The molecule has 2 aliphatic carbocycles. The maximum atomic E-state index is 14.9. The van der Waals surface area contributed by atoms with Crippen LogP contribution in [-0.2, 0) is 19.3 Å². The van der Waals surface area contributed by atoms with E-state index in [2.05, 4.69) is 15.3 Å². The zero-order valence-electron chi connectivity index (χ0n) is 21.8. The minimum Gasteiger partial charge on any atom is -0.474 e. The first kappa shape index (κ1) is 26.2. The van der Waals surface area contributed by atoms with Gasteiger partial charge >= 0.3 is 6.09 Å². The number of hydrogen-bond donors (Lipinski definition) is 1. The number of piperidine rings is 1. The summed E-state index contributed by atoms with van der Waals surface area (Å²) in [6.07, 6.45) is 7.12. The van der Waals surface area contributed by atoms with E-state index in [1.54, 1.807) is 6.92 Å². The number of sulfone groups is 1. The monoisotopic (exact) mass is 560 g/mol. The van der Waals surface area contributed by atoms with Crippen molar-refractivity contribution in [1.29, 1.82) is 0 Å². The summed E-state index contributed by atoms with van der Waals surface area (Å²) in [5.74, 6) is 0.0509. The molecule has 6 rings (SSSR count). The molecule has 4 fully saturated rings. The molecule has 10 nitrogen and oxygen atoms in total. The van der Waals surface area contributed by atoms with Gasteiger partial charge in [-0.1, -0.05) is 6.42 Å². The van der Waals surface area contributed by atoms with E-state index in [-0.39, 0.29) is 41.0 Å². The number of hydrogen-bond acceptors (Lipinski definition) is 9. The van der Waals surface area contributed by atoms with E-state index in [0.717, 1.165) is 31.7 Å². The molecule has 0 spiro atoms. The van der Waals surface area contributed by atoms with Crippen LogP contribution < -0.4 is 10.1 Å². The highest BCUT2D eigenvalue weighted by atomic mass is 32.2. The van der Waals surface area contributed by atoms with Crippen molar-refractivity contribution in [3.8, 4) is 5.88 Å². The van der Waals surface area contributed by atoms with E-state index in [0.29, 0.717) is 56.2 Å². The van der Waals surface area contributed by atoms with Gasteiger partial charge in [-0.3, -0.25) is 4.90 Å². The van der Waals surface area contributed by atoms with Crippen molar-refractivity contribution < 1.29 is 31.8 Å². The molecule has 2 unspecified atom stereocenters. The van der Waals surface area contributed by atoms with Crippen LogP contribution in [0.3, 0.4) is 0 Å². The van der Waals surface area contributed by atoms with Gasteiger partial charge in [0, 0.05) is 12.8 Å². The summed E-state index contributed by atoms with van der Waals surface area (Å²) in [4.78, 5) is 23.2. The predicted octanol–water partition coefficient (Wildman–Crippen LogP) is 4.29. The Balaban J connectivity index is 1.13. The average Bonchev–Trinajstić information content (AvgIpc) is 2.83. The molecular weight excluding hydrogens is 527 g/mol. The summed E-state index contributed by atoms with van der Waals surface area (Å²) in [6, 6.07) is 3.63. The number of carbonyl (C=O) groups excluding carboxylic acids is 1. The van der Waals surface area contributed by atoms with Crippen LogP contribution in [-0.4, -0.2) is 72.1 Å². The molecule has 4 aliphatic rings. The van der Waals surface area contributed by atoms with Crippen LogP contribution in [0, 0.1) is 12.7 Å². The highest BCUT2D eigenvalue weighted by molar-refractivity contribution is 7.92. The molecule has 0 radical (unpaired) electrons. The molecule has 1 amide bonds. The lowest BCUT2D eigenvalue weighted by atomic mass is 9.92. The number of amides is 1. The summed E-state index contributed by atoms with van der Waals surface area (Å²) >= 11 is 0. The maximum absolute atomic E-state index is 14.9. The fourth-order valence-corrected chi connectivity index (χ4v) is 7.43. The molecule has 3 heterocycles. The van der Waals surface area contributed by atoms with Gasteiger partial charge in [0.2, 0.25) is 5.88 Å². The third kappa shape index (κ3) is 5.16. The first-order chi connectivity index (χ1) is 18.8. The number of ether oxygens (including phenoxy) is 3. The van der Waals surface area contributed by atoms with Crippen LogP contribution in [0.2, 0.25) is 0 Å². The first-order valence-corrected chi connectivity index (χ1v) is 15.2. The van der Waals surface area contributed by atoms with Gasteiger partial charge in [0.1, 0.15) is 30.2 Å². The largest absolute Gasteiger partial charge is 0.474 e. The van der Waals surface area contributed by atoms with Gasteiger partial charge in [-0.15, -0.1) is 0 Å². The number of anilines is 2. The Hall–Kier alpha value is -2.99. The molecule has 2 bridgehead atoms. The van der Waals surface area contributed by atoms with E-state index >= 15 is 0 Å². The van der Waals surface area contributed by atoms with Crippen LogP contribution in [0.4, 0.5) is 20.7 Å². The Morgan fingerprint density at radius 2 is 1.79 bits per heavy atom. The lowest BCUT2D eigenvalue weighted by Crippen LogP contribution is -2.61. The van der Waals surface area contributed by atoms with Crippen LogP contribution >= 0.6 is 0 Å². The number of benzene rings is 1. The summed E-state index contributed by atoms with van der Waals surface area (Å²) < 4.78 is 57.9. The highest BCUT2D eigenvalue weighted by Crippen LogP contribution is 2.35. The molecule has 39 heavy (non-hydrogen) atoms. The summed E-state index contributed by atoms with van der Waals surface area (Å²) in [5, 5.41) is 2.53. The fraction of sp³-hybridized carbons (Fsp3) is 0.593. The number of fused-ring (bicyclic) bond motifs is 2. The van der Waals surface area contributed by atoms with Crippen LogP contribution in [0.1, 0.15) is 56.9 Å². The number of morpholine rings is 1. The zero-order valence-corrected chi connectivity index (χ0v) is 22.7. The van der Waals surface area contributed by atoms with E-state index in [9.17, 15) is 17.6 Å². The lowest BCUT2D eigenvalue weighted by Gasteiger charge is -2.47. The molecule has 2 aliphatic heterocycles. The number of rotatable bonds is 7. The normalized spacial score (nSPS) is 25.4. The Morgan fingerprint density at radius 1 is 1.08 bits per heavy atom. The van der Waals surface area contributed by atoms with Gasteiger partial charge < -0.3 is 19.5 Å². The molecule has 1 N–H and O–H groups in total. The quantitative estimate of drug-likeness (QED) is 0.529. The second-order valence-corrected chi connectivity index (χ2v) is 13.1. The van der Waals surface area contributed by atoms with Gasteiger partial charge in [0.15, 0.2) is 9.84 Å². The van der Waals surface area contributed by atoms with E-state index in [4.69, 9.17) is 14.2 Å². The van der Waals surface area contributed by atoms with Gasteiger partial charge in [-0.2, -0.15) is 0 Å². The fourth-order valence-electron chi connectivity index (χ4n) is 5.56. The molecule has 210 valence electrons. The number of carbonyl (C=O) groups is 1. The van der Waals surface area contributed by atoms with Crippen molar-refractivity contribution >= 4 is 27.4 Å². The van der Waals surface area contributed by atoms with Crippen LogP contribution in [0.5, 0.6) is 5.88 Å². The molecule has 2 aromatic rings. The molecule has 2 saturated carbocycles. The van der Waals surface area contributed by atoms with Crippen molar-refractivity contribution in [3.63, 3.8) is 0 Å². The minimum absolute atomic E-state index is 0.00359. The third-order valence-electron chi connectivity index (χ3n) is 8.34. The number of halogens is 1. The Bertz CT molecular complexity index is 1340. The van der Waals surface area contributed by atoms with Gasteiger partial charge in [-0.05, 0) is 57.2 Å². The average molecular weight is 561 g/mol. The second-order valence-electron chi connectivity index (χ2n) is 10.9. The van der Waals surface area contributed by atoms with Crippen LogP contribution in [0.25, 0.3) is 0 Å². The smallest absolute Gasteiger partial charge is 0.410 e. The summed E-state index contributed by atoms with van der Waals surface area (Å²) in [5.41, 5.74) is 0.705. The predicted molar refractivity (Wildman–Crippen MR) is 139 cm³/mol. The lowest BCUT2D eigenvalue weighted by molar-refractivity contribution is -0.0984. The number of aromatic nitrogens is 2. The zero-order chi connectivity index (χ0) is 27.1. The maximum Gasteiger partial charge on any atom is 0.410 e. The Morgan fingerprint density at radius 3 is 2.41 bits per heavy atom. The molecule has 1 aromatic heterocycles. The van der Waals surface area contributed by atoms with Crippen molar-refractivity contribution in [2.45, 2.75) is 92.7 Å². The summed E-state index contributed by atoms with van der Waals surface area (Å²) in [7, 11) is -3.52. The number of nitrogens with one attached hydrogen (secondary N) is 1. The van der Waals surface area contributed by atoms with Crippen molar-refractivity contribution in [3.05, 3.63) is 35.9 Å². The molecule has 2 atom stereocenters. The standard InChI is InChI=1S/C27H33FN4O6S/c1-16-25(31-24-9-8-22(12-23(24)28)39(34,35)21-6-3-7-21)29-15-30-26(16)37-20-10-17-13-36-14-18(11-20)32(17)27(33)38-19-4-2-5-19/h8-9,12,15,17-21H,2-7,10-11,13-14H2,1H3,(H,29,30,31). The minimum atomic E-state index is -3.52. The second kappa shape index (κ2) is 10.5. The van der Waals surface area contributed by atoms with Crippen molar-refractivity contribution in [1.82, 2.24) is 14.9 Å². The molecular formula is C27H33FN4O6S. The van der Waals surface area contributed by atoms with Gasteiger partial charge in [0.05, 0.1) is 46.7 Å². The Kier molecular flexibility index (Phi) is 7.09. The topological polar surface area (TPSA) is 120 Å². The highest BCUT2D eigenvalue weighted by Gasteiger charge is 2.44. The van der Waals surface area contributed by atoms with E-state index in [1.807, 2.05) is 4.90 Å². The van der Waals surface area contributed by atoms with Gasteiger partial charge in [0.25, 0.3) is 0 Å². The van der Waals surface area contributed by atoms with Gasteiger partial charge in [-0.25, -0.2) is 27.6 Å².